The van der Waals surface area contributed by atoms with Crippen LogP contribution in [0.25, 0.3) is 0 Å². The van der Waals surface area contributed by atoms with E-state index in [4.69, 9.17) is 4.74 Å². The molecule has 1 aliphatic rings. The number of hydrogen-bond donors (Lipinski definition) is 0. The number of thioether (sulfide) groups is 1. The zero-order valence-corrected chi connectivity index (χ0v) is 14.1. The number of halogens is 1. The third-order valence-electron chi connectivity index (χ3n) is 3.80. The molecule has 0 bridgehead atoms. The number of benzene rings is 1. The Morgan fingerprint density at radius 2 is 2.09 bits per heavy atom. The smallest absolute Gasteiger partial charge is 0.310 e. The Labute approximate surface area is 140 Å². The van der Waals surface area contributed by atoms with Gasteiger partial charge in [-0.2, -0.15) is 0 Å². The summed E-state index contributed by atoms with van der Waals surface area (Å²) in [6.45, 7) is 3.31. The van der Waals surface area contributed by atoms with Gasteiger partial charge < -0.3 is 9.64 Å². The van der Waals surface area contributed by atoms with Gasteiger partial charge in [0, 0.05) is 18.8 Å². The highest BCUT2D eigenvalue weighted by molar-refractivity contribution is 7.99. The van der Waals surface area contributed by atoms with Gasteiger partial charge in [0.1, 0.15) is 5.82 Å². The van der Waals surface area contributed by atoms with E-state index in [-0.39, 0.29) is 23.6 Å². The van der Waals surface area contributed by atoms with E-state index in [1.54, 1.807) is 24.0 Å². The molecule has 0 N–H and O–H groups in total. The number of ether oxygens (including phenoxy) is 1. The van der Waals surface area contributed by atoms with Crippen LogP contribution in [0.4, 0.5) is 4.39 Å². The van der Waals surface area contributed by atoms with Crippen molar-refractivity contribution >= 4 is 23.6 Å². The summed E-state index contributed by atoms with van der Waals surface area (Å²) in [6, 6.07) is 6.30. The zero-order chi connectivity index (χ0) is 16.7. The molecule has 1 saturated heterocycles. The molecule has 1 aromatic carbocycles. The second kappa shape index (κ2) is 8.91. The van der Waals surface area contributed by atoms with E-state index in [1.807, 2.05) is 0 Å². The molecule has 1 heterocycles. The Morgan fingerprint density at radius 1 is 1.35 bits per heavy atom. The zero-order valence-electron chi connectivity index (χ0n) is 13.3. The Balaban J connectivity index is 1.76. The molecule has 1 aromatic rings. The lowest BCUT2D eigenvalue weighted by Gasteiger charge is -2.31. The van der Waals surface area contributed by atoms with Gasteiger partial charge in [0.05, 0.1) is 18.3 Å². The number of hydrogen-bond acceptors (Lipinski definition) is 4. The van der Waals surface area contributed by atoms with Crippen molar-refractivity contribution < 1.29 is 18.7 Å². The number of esters is 1. The van der Waals surface area contributed by atoms with E-state index in [0.717, 1.165) is 18.4 Å². The third-order valence-corrected chi connectivity index (χ3v) is 4.79. The van der Waals surface area contributed by atoms with Crippen LogP contribution < -0.4 is 0 Å². The van der Waals surface area contributed by atoms with Gasteiger partial charge in [-0.25, -0.2) is 4.39 Å². The average molecular weight is 339 g/mol. The fourth-order valence-corrected chi connectivity index (χ4v) is 3.47. The van der Waals surface area contributed by atoms with Crippen LogP contribution in [0.3, 0.4) is 0 Å². The summed E-state index contributed by atoms with van der Waals surface area (Å²) < 4.78 is 17.9. The molecule has 1 aliphatic heterocycles. The van der Waals surface area contributed by atoms with Crippen LogP contribution in [0.15, 0.2) is 24.3 Å². The van der Waals surface area contributed by atoms with Gasteiger partial charge >= 0.3 is 5.97 Å². The summed E-state index contributed by atoms with van der Waals surface area (Å²) in [6.07, 6.45) is 1.61. The van der Waals surface area contributed by atoms with Crippen molar-refractivity contribution in [1.29, 1.82) is 0 Å². The molecule has 0 radical (unpaired) electrons. The standard InChI is InChI=1S/C17H22FNO3S/c1-2-22-17(21)14-4-3-9-19(10-14)16(20)12-23-11-13-5-7-15(18)8-6-13/h5-8,14H,2-4,9-12H2,1H3/t14-/m1/s1. The average Bonchev–Trinajstić information content (AvgIpc) is 2.57. The number of amides is 1. The topological polar surface area (TPSA) is 46.6 Å². The molecule has 1 fully saturated rings. The van der Waals surface area contributed by atoms with Gasteiger partial charge in [0.2, 0.25) is 5.91 Å². The summed E-state index contributed by atoms with van der Waals surface area (Å²) in [4.78, 5) is 25.8. The molecule has 0 spiro atoms. The van der Waals surface area contributed by atoms with Crippen LogP contribution >= 0.6 is 11.8 Å². The largest absolute Gasteiger partial charge is 0.466 e. The minimum absolute atomic E-state index is 0.0473. The van der Waals surface area contributed by atoms with Crippen molar-refractivity contribution in [2.45, 2.75) is 25.5 Å². The lowest BCUT2D eigenvalue weighted by molar-refractivity contribution is -0.151. The SMILES string of the molecule is CCOC(=O)[C@@H]1CCCN(C(=O)CSCc2ccc(F)cc2)C1. The molecule has 126 valence electrons. The van der Waals surface area contributed by atoms with Crippen LogP contribution in [0, 0.1) is 11.7 Å². The fourth-order valence-electron chi connectivity index (χ4n) is 2.58. The molecule has 6 heteroatoms. The summed E-state index contributed by atoms with van der Waals surface area (Å²) in [5, 5.41) is 0. The number of nitrogens with zero attached hydrogens (tertiary/aromatic N) is 1. The maximum Gasteiger partial charge on any atom is 0.310 e. The molecule has 1 amide bonds. The van der Waals surface area contributed by atoms with Gasteiger partial charge in [-0.3, -0.25) is 9.59 Å². The number of rotatable bonds is 6. The number of likely N-dealkylation sites (tertiary alicyclic amines) is 1. The summed E-state index contributed by atoms with van der Waals surface area (Å²) in [5.74, 6) is 0.423. The minimum atomic E-state index is -0.256. The number of piperidine rings is 1. The molecule has 0 saturated carbocycles. The molecule has 0 unspecified atom stereocenters. The van der Waals surface area contributed by atoms with Gasteiger partial charge in [-0.15, -0.1) is 11.8 Å². The first-order valence-corrected chi connectivity index (χ1v) is 9.02. The highest BCUT2D eigenvalue weighted by Crippen LogP contribution is 2.20. The van der Waals surface area contributed by atoms with Gasteiger partial charge in [-0.1, -0.05) is 12.1 Å². The molecule has 23 heavy (non-hydrogen) atoms. The van der Waals surface area contributed by atoms with Gasteiger partial charge in [0.25, 0.3) is 0 Å². The van der Waals surface area contributed by atoms with Crippen LogP contribution in [-0.2, 0) is 20.1 Å². The third kappa shape index (κ3) is 5.53. The first kappa shape index (κ1) is 17.8. The second-order valence-corrected chi connectivity index (χ2v) is 6.54. The first-order chi connectivity index (χ1) is 11.1. The van der Waals surface area contributed by atoms with Crippen LogP contribution in [0.1, 0.15) is 25.3 Å². The van der Waals surface area contributed by atoms with Crippen molar-refractivity contribution in [3.8, 4) is 0 Å². The highest BCUT2D eigenvalue weighted by Gasteiger charge is 2.29. The molecular formula is C17H22FNO3S. The Kier molecular flexibility index (Phi) is 6.89. The van der Waals surface area contributed by atoms with Crippen LogP contribution in [0.2, 0.25) is 0 Å². The lowest BCUT2D eigenvalue weighted by atomic mass is 9.98. The van der Waals surface area contributed by atoms with E-state index in [2.05, 4.69) is 0 Å². The summed E-state index contributed by atoms with van der Waals surface area (Å²) >= 11 is 1.50. The van der Waals surface area contributed by atoms with Crippen molar-refractivity contribution in [3.63, 3.8) is 0 Å². The van der Waals surface area contributed by atoms with E-state index in [9.17, 15) is 14.0 Å². The lowest BCUT2D eigenvalue weighted by Crippen LogP contribution is -2.43. The monoisotopic (exact) mass is 339 g/mol. The van der Waals surface area contributed by atoms with E-state index < -0.39 is 0 Å². The second-order valence-electron chi connectivity index (χ2n) is 5.55. The molecule has 4 nitrogen and oxygen atoms in total. The number of carbonyl (C=O) groups is 2. The Hall–Kier alpha value is -1.56. The summed E-state index contributed by atoms with van der Waals surface area (Å²) in [7, 11) is 0. The van der Waals surface area contributed by atoms with E-state index in [1.165, 1.54) is 23.9 Å². The first-order valence-electron chi connectivity index (χ1n) is 7.86. The molecule has 0 aromatic heterocycles. The quantitative estimate of drug-likeness (QED) is 0.748. The van der Waals surface area contributed by atoms with Crippen molar-refractivity contribution in [1.82, 2.24) is 4.90 Å². The van der Waals surface area contributed by atoms with E-state index in [0.29, 0.717) is 31.2 Å². The van der Waals surface area contributed by atoms with Crippen molar-refractivity contribution in [2.24, 2.45) is 5.92 Å². The Morgan fingerprint density at radius 3 is 2.78 bits per heavy atom. The number of carbonyl (C=O) groups excluding carboxylic acids is 2. The van der Waals surface area contributed by atoms with Crippen LogP contribution in [0.5, 0.6) is 0 Å². The molecule has 0 aliphatic carbocycles. The molecule has 1 atom stereocenters. The predicted octanol–water partition coefficient (Wildman–Crippen LogP) is 2.86. The fraction of sp³-hybridized carbons (Fsp3) is 0.529. The predicted molar refractivity (Wildman–Crippen MR) is 88.5 cm³/mol. The Bertz CT molecular complexity index is 535. The van der Waals surface area contributed by atoms with Gasteiger partial charge in [-0.05, 0) is 37.5 Å². The normalized spacial score (nSPS) is 17.8. The van der Waals surface area contributed by atoms with Gasteiger partial charge in [0.15, 0.2) is 0 Å². The molecular weight excluding hydrogens is 317 g/mol. The maximum atomic E-state index is 12.8. The van der Waals surface area contributed by atoms with Crippen LogP contribution in [-0.4, -0.2) is 42.2 Å². The van der Waals surface area contributed by atoms with E-state index >= 15 is 0 Å². The summed E-state index contributed by atoms with van der Waals surface area (Å²) in [5.41, 5.74) is 0.993. The maximum absolute atomic E-state index is 12.8. The molecule has 2 rings (SSSR count). The van der Waals surface area contributed by atoms with Crippen molar-refractivity contribution in [3.05, 3.63) is 35.6 Å². The highest BCUT2D eigenvalue weighted by atomic mass is 32.2. The van der Waals surface area contributed by atoms with Crippen molar-refractivity contribution in [2.75, 3.05) is 25.4 Å². The minimum Gasteiger partial charge on any atom is -0.466 e.